The Balaban J connectivity index is 3.04. The molecule has 0 aliphatic rings. The summed E-state index contributed by atoms with van der Waals surface area (Å²) in [7, 11) is 0. The van der Waals surface area contributed by atoms with Gasteiger partial charge in [0.2, 0.25) is 0 Å². The summed E-state index contributed by atoms with van der Waals surface area (Å²) in [5.41, 5.74) is -0.531. The van der Waals surface area contributed by atoms with Gasteiger partial charge < -0.3 is 4.74 Å². The number of aromatic nitrogens is 1. The molecule has 1 rings (SSSR count). The van der Waals surface area contributed by atoms with Crippen molar-refractivity contribution in [3.63, 3.8) is 0 Å². The first-order valence-corrected chi connectivity index (χ1v) is 3.67. The van der Waals surface area contributed by atoms with Crippen molar-refractivity contribution in [2.24, 2.45) is 0 Å². The summed E-state index contributed by atoms with van der Waals surface area (Å²) in [5, 5.41) is 8.38. The van der Waals surface area contributed by atoms with Gasteiger partial charge >= 0.3 is 6.36 Å². The van der Waals surface area contributed by atoms with E-state index in [0.717, 1.165) is 6.07 Å². The second-order valence-electron chi connectivity index (χ2n) is 2.47. The average Bonchev–Trinajstić information content (AvgIpc) is 2.16. The second-order valence-corrected chi connectivity index (χ2v) is 2.47. The summed E-state index contributed by atoms with van der Waals surface area (Å²) < 4.78 is 51.2. The number of nitrogens with zero attached hydrogens (tertiary/aromatic N) is 2. The fraction of sp³-hybridized carbons (Fsp3) is 0.250. The Kier molecular flexibility index (Phi) is 3.09. The molecule has 0 aliphatic heterocycles. The lowest BCUT2D eigenvalue weighted by atomic mass is 10.2. The molecule has 1 aromatic rings. The molecule has 15 heavy (non-hydrogen) atoms. The maximum absolute atomic E-state index is 12.3. The lowest BCUT2D eigenvalue weighted by molar-refractivity contribution is -0.275. The van der Waals surface area contributed by atoms with Crippen LogP contribution < -0.4 is 4.74 Å². The van der Waals surface area contributed by atoms with Crippen LogP contribution in [0.25, 0.3) is 0 Å². The SMILES string of the molecule is N#Cc1cc(CF)c(OC(F)(F)F)cn1. The first-order valence-electron chi connectivity index (χ1n) is 3.67. The van der Waals surface area contributed by atoms with Crippen LogP contribution in [0.3, 0.4) is 0 Å². The van der Waals surface area contributed by atoms with Crippen LogP contribution in [0.5, 0.6) is 5.75 Å². The summed E-state index contributed by atoms with van der Waals surface area (Å²) in [6.07, 6.45) is -4.24. The van der Waals surface area contributed by atoms with Crippen LogP contribution in [0.2, 0.25) is 0 Å². The zero-order valence-corrected chi connectivity index (χ0v) is 7.18. The van der Waals surface area contributed by atoms with E-state index < -0.39 is 18.8 Å². The third-order valence-corrected chi connectivity index (χ3v) is 1.43. The minimum absolute atomic E-state index is 0.169. The Hall–Kier alpha value is -1.84. The van der Waals surface area contributed by atoms with Gasteiger partial charge in [-0.05, 0) is 6.07 Å². The zero-order chi connectivity index (χ0) is 11.5. The van der Waals surface area contributed by atoms with Crippen LogP contribution in [0.15, 0.2) is 12.3 Å². The van der Waals surface area contributed by atoms with E-state index in [1.54, 1.807) is 6.07 Å². The van der Waals surface area contributed by atoms with Crippen molar-refractivity contribution in [3.05, 3.63) is 23.5 Å². The van der Waals surface area contributed by atoms with E-state index in [4.69, 9.17) is 5.26 Å². The molecule has 0 aromatic carbocycles. The van der Waals surface area contributed by atoms with Gasteiger partial charge in [0.05, 0.1) is 6.20 Å². The molecule has 3 nitrogen and oxygen atoms in total. The molecule has 0 atom stereocenters. The van der Waals surface area contributed by atoms with E-state index in [1.165, 1.54) is 0 Å². The quantitative estimate of drug-likeness (QED) is 0.718. The van der Waals surface area contributed by atoms with Gasteiger partial charge in [0.1, 0.15) is 18.4 Å². The van der Waals surface area contributed by atoms with Crippen LogP contribution in [0, 0.1) is 11.3 Å². The van der Waals surface area contributed by atoms with E-state index in [-0.39, 0.29) is 11.3 Å². The van der Waals surface area contributed by atoms with Crippen LogP contribution >= 0.6 is 0 Å². The van der Waals surface area contributed by atoms with Gasteiger partial charge in [-0.3, -0.25) is 0 Å². The Morgan fingerprint density at radius 2 is 2.13 bits per heavy atom. The predicted molar refractivity (Wildman–Crippen MR) is 40.4 cm³/mol. The van der Waals surface area contributed by atoms with Crippen LogP contribution in [-0.2, 0) is 6.67 Å². The zero-order valence-electron chi connectivity index (χ0n) is 7.18. The lowest BCUT2D eigenvalue weighted by Crippen LogP contribution is -2.18. The number of nitriles is 1. The number of alkyl halides is 4. The van der Waals surface area contributed by atoms with Crippen molar-refractivity contribution >= 4 is 0 Å². The molecule has 1 aromatic heterocycles. The molecule has 0 unspecified atom stereocenters. The third kappa shape index (κ3) is 3.09. The molecule has 7 heteroatoms. The summed E-state index contributed by atoms with van der Waals surface area (Å²) in [5.74, 6) is -0.732. The fourth-order valence-electron chi connectivity index (χ4n) is 0.867. The van der Waals surface area contributed by atoms with Gasteiger partial charge in [0.25, 0.3) is 0 Å². The summed E-state index contributed by atoms with van der Waals surface area (Å²) >= 11 is 0. The lowest BCUT2D eigenvalue weighted by Gasteiger charge is -2.10. The van der Waals surface area contributed by atoms with E-state index in [1.807, 2.05) is 0 Å². The molecule has 0 bridgehead atoms. The molecular weight excluding hydrogens is 216 g/mol. The van der Waals surface area contributed by atoms with Crippen molar-refractivity contribution in [3.8, 4) is 11.8 Å². The third-order valence-electron chi connectivity index (χ3n) is 1.43. The minimum atomic E-state index is -4.90. The van der Waals surface area contributed by atoms with E-state index >= 15 is 0 Å². The van der Waals surface area contributed by atoms with Crippen molar-refractivity contribution in [1.82, 2.24) is 4.98 Å². The predicted octanol–water partition coefficient (Wildman–Crippen LogP) is 2.32. The molecule has 0 N–H and O–H groups in total. The van der Waals surface area contributed by atoms with Crippen molar-refractivity contribution < 1.29 is 22.3 Å². The second kappa shape index (κ2) is 4.13. The maximum atomic E-state index is 12.3. The monoisotopic (exact) mass is 220 g/mol. The van der Waals surface area contributed by atoms with Crippen LogP contribution in [0.1, 0.15) is 11.3 Å². The standard InChI is InChI=1S/C8H4F4N2O/c9-2-5-1-6(3-13)14-4-7(5)15-8(10,11)12/h1,4H,2H2. The van der Waals surface area contributed by atoms with Gasteiger partial charge in [-0.25, -0.2) is 9.37 Å². The number of rotatable bonds is 2. The van der Waals surface area contributed by atoms with Gasteiger partial charge in [-0.15, -0.1) is 13.2 Å². The Morgan fingerprint density at radius 3 is 2.60 bits per heavy atom. The number of hydrogen-bond donors (Lipinski definition) is 0. The summed E-state index contributed by atoms with van der Waals surface area (Å²) in [6.45, 7) is -1.16. The molecule has 0 fully saturated rings. The highest BCUT2D eigenvalue weighted by atomic mass is 19.4. The van der Waals surface area contributed by atoms with Crippen LogP contribution in [-0.4, -0.2) is 11.3 Å². The van der Waals surface area contributed by atoms with Gasteiger partial charge in [-0.2, -0.15) is 5.26 Å². The number of hydrogen-bond acceptors (Lipinski definition) is 3. The normalized spacial score (nSPS) is 10.9. The summed E-state index contributed by atoms with van der Waals surface area (Å²) in [6, 6.07) is 2.48. The molecule has 0 saturated heterocycles. The molecule has 0 aliphatic carbocycles. The van der Waals surface area contributed by atoms with Crippen molar-refractivity contribution in [2.45, 2.75) is 13.0 Å². The average molecular weight is 220 g/mol. The van der Waals surface area contributed by atoms with E-state index in [2.05, 4.69) is 9.72 Å². The Bertz CT molecular complexity index is 397. The molecule has 0 amide bonds. The van der Waals surface area contributed by atoms with Crippen molar-refractivity contribution in [1.29, 1.82) is 5.26 Å². The number of halogens is 4. The van der Waals surface area contributed by atoms with Crippen molar-refractivity contribution in [2.75, 3.05) is 0 Å². The van der Waals surface area contributed by atoms with Gasteiger partial charge in [0, 0.05) is 5.56 Å². The van der Waals surface area contributed by atoms with E-state index in [9.17, 15) is 17.6 Å². The Labute approximate surface area is 81.9 Å². The highest BCUT2D eigenvalue weighted by Crippen LogP contribution is 2.26. The maximum Gasteiger partial charge on any atom is 0.573 e. The molecular formula is C8H4F4N2O. The fourth-order valence-corrected chi connectivity index (χ4v) is 0.867. The van der Waals surface area contributed by atoms with E-state index in [0.29, 0.717) is 6.20 Å². The molecule has 0 saturated carbocycles. The number of ether oxygens (including phenoxy) is 1. The highest BCUT2D eigenvalue weighted by molar-refractivity contribution is 5.36. The smallest absolute Gasteiger partial charge is 0.404 e. The van der Waals surface area contributed by atoms with Crippen LogP contribution in [0.4, 0.5) is 17.6 Å². The highest BCUT2D eigenvalue weighted by Gasteiger charge is 2.32. The molecule has 0 spiro atoms. The Morgan fingerprint density at radius 1 is 1.47 bits per heavy atom. The topological polar surface area (TPSA) is 45.9 Å². The summed E-state index contributed by atoms with van der Waals surface area (Å²) in [4.78, 5) is 3.34. The van der Waals surface area contributed by atoms with Gasteiger partial charge in [0.15, 0.2) is 5.75 Å². The number of pyridine rings is 1. The molecule has 80 valence electrons. The first-order chi connectivity index (χ1) is 6.96. The largest absolute Gasteiger partial charge is 0.573 e. The minimum Gasteiger partial charge on any atom is -0.404 e. The van der Waals surface area contributed by atoms with Gasteiger partial charge in [-0.1, -0.05) is 0 Å². The first kappa shape index (κ1) is 11.2. The molecule has 0 radical (unpaired) electrons. The molecule has 1 heterocycles.